The summed E-state index contributed by atoms with van der Waals surface area (Å²) < 4.78 is 10.6. The molecular formula is C20H19ClO3. The van der Waals surface area contributed by atoms with Crippen LogP contribution < -0.4 is 9.47 Å². The lowest BCUT2D eigenvalue weighted by Crippen LogP contribution is -2.16. The molecule has 3 nitrogen and oxygen atoms in total. The lowest BCUT2D eigenvalue weighted by molar-refractivity contribution is 0.102. The molecule has 1 atom stereocenters. The van der Waals surface area contributed by atoms with Gasteiger partial charge >= 0.3 is 0 Å². The SMILES string of the molecule is COc1ccc(C=C2CC(C)c3ccccc3C2=O)c(Cl)c1OC. The number of carbonyl (C=O) groups excluding carboxylic acids is 1. The molecular weight excluding hydrogens is 324 g/mol. The molecule has 0 aliphatic heterocycles. The van der Waals surface area contributed by atoms with Crippen molar-refractivity contribution in [3.05, 3.63) is 63.7 Å². The Balaban J connectivity index is 2.06. The normalized spacial score (nSPS) is 18.4. The lowest BCUT2D eigenvalue weighted by atomic mass is 9.79. The molecule has 0 saturated carbocycles. The summed E-state index contributed by atoms with van der Waals surface area (Å²) in [5, 5.41) is 0.448. The first kappa shape index (κ1) is 16.6. The van der Waals surface area contributed by atoms with Crippen LogP contribution in [0.5, 0.6) is 11.5 Å². The lowest BCUT2D eigenvalue weighted by Gasteiger charge is -2.23. The quantitative estimate of drug-likeness (QED) is 0.725. The highest BCUT2D eigenvalue weighted by Gasteiger charge is 2.26. The molecule has 1 aliphatic carbocycles. The van der Waals surface area contributed by atoms with Crippen LogP contribution >= 0.6 is 11.6 Å². The zero-order valence-corrected chi connectivity index (χ0v) is 14.7. The van der Waals surface area contributed by atoms with Crippen LogP contribution in [0.4, 0.5) is 0 Å². The summed E-state index contributed by atoms with van der Waals surface area (Å²) in [6.45, 7) is 2.13. The summed E-state index contributed by atoms with van der Waals surface area (Å²) in [7, 11) is 3.11. The zero-order chi connectivity index (χ0) is 17.3. The molecule has 0 amide bonds. The highest BCUT2D eigenvalue weighted by molar-refractivity contribution is 6.34. The van der Waals surface area contributed by atoms with Crippen LogP contribution in [-0.4, -0.2) is 20.0 Å². The molecule has 3 rings (SSSR count). The van der Waals surface area contributed by atoms with Gasteiger partial charge in [0.25, 0.3) is 0 Å². The molecule has 4 heteroatoms. The minimum Gasteiger partial charge on any atom is -0.493 e. The van der Waals surface area contributed by atoms with Gasteiger partial charge in [0.2, 0.25) is 0 Å². The molecule has 0 saturated heterocycles. The summed E-state index contributed by atoms with van der Waals surface area (Å²) in [5.41, 5.74) is 3.40. The van der Waals surface area contributed by atoms with Gasteiger partial charge in [-0.15, -0.1) is 0 Å². The summed E-state index contributed by atoms with van der Waals surface area (Å²) in [6, 6.07) is 11.4. The molecule has 1 unspecified atom stereocenters. The Bertz CT molecular complexity index is 824. The van der Waals surface area contributed by atoms with Crippen molar-refractivity contribution in [1.29, 1.82) is 0 Å². The van der Waals surface area contributed by atoms with Crippen molar-refractivity contribution in [1.82, 2.24) is 0 Å². The molecule has 124 valence electrons. The number of hydrogen-bond donors (Lipinski definition) is 0. The maximum Gasteiger partial charge on any atom is 0.189 e. The van der Waals surface area contributed by atoms with Crippen LogP contribution in [0, 0.1) is 0 Å². The van der Waals surface area contributed by atoms with Crippen LogP contribution in [-0.2, 0) is 0 Å². The van der Waals surface area contributed by atoms with Crippen LogP contribution in [0.1, 0.15) is 40.7 Å². The average Bonchev–Trinajstić information content (AvgIpc) is 2.60. The van der Waals surface area contributed by atoms with E-state index in [0.717, 1.165) is 22.3 Å². The summed E-state index contributed by atoms with van der Waals surface area (Å²) in [4.78, 5) is 12.8. The standard InChI is InChI=1S/C20H19ClO3/c1-12-10-14(19(22)16-7-5-4-6-15(12)16)11-13-8-9-17(23-2)20(24-3)18(13)21/h4-9,11-12H,10H2,1-3H3. The number of methoxy groups -OCH3 is 2. The molecule has 0 N–H and O–H groups in total. The number of hydrogen-bond acceptors (Lipinski definition) is 3. The largest absolute Gasteiger partial charge is 0.493 e. The van der Waals surface area contributed by atoms with Crippen molar-refractivity contribution in [2.75, 3.05) is 14.2 Å². The van der Waals surface area contributed by atoms with Gasteiger partial charge in [-0.25, -0.2) is 0 Å². The Hall–Kier alpha value is -2.26. The highest BCUT2D eigenvalue weighted by atomic mass is 35.5. The third-order valence-corrected chi connectivity index (χ3v) is 4.79. The topological polar surface area (TPSA) is 35.5 Å². The number of ketones is 1. The molecule has 0 heterocycles. The number of benzene rings is 2. The van der Waals surface area contributed by atoms with Gasteiger partial charge in [-0.1, -0.05) is 42.8 Å². The van der Waals surface area contributed by atoms with Gasteiger partial charge in [0.15, 0.2) is 17.3 Å². The summed E-state index contributed by atoms with van der Waals surface area (Å²) >= 11 is 6.44. The van der Waals surface area contributed by atoms with Crippen LogP contribution in [0.3, 0.4) is 0 Å². The van der Waals surface area contributed by atoms with E-state index < -0.39 is 0 Å². The first-order valence-corrected chi connectivity index (χ1v) is 8.19. The average molecular weight is 343 g/mol. The Kier molecular flexibility index (Phi) is 4.63. The number of rotatable bonds is 3. The van der Waals surface area contributed by atoms with Crippen molar-refractivity contribution in [3.63, 3.8) is 0 Å². The number of halogens is 1. The molecule has 1 aliphatic rings. The first-order valence-electron chi connectivity index (χ1n) is 7.81. The fraction of sp³-hybridized carbons (Fsp3) is 0.250. The summed E-state index contributed by atoms with van der Waals surface area (Å²) in [5.74, 6) is 1.40. The fourth-order valence-corrected chi connectivity index (χ4v) is 3.46. The molecule has 0 spiro atoms. The molecule has 24 heavy (non-hydrogen) atoms. The number of allylic oxidation sites excluding steroid dienone is 1. The molecule has 2 aromatic carbocycles. The predicted octanol–water partition coefficient (Wildman–Crippen LogP) is 5.13. The van der Waals surface area contributed by atoms with E-state index in [0.29, 0.717) is 28.9 Å². The zero-order valence-electron chi connectivity index (χ0n) is 13.9. The van der Waals surface area contributed by atoms with Gasteiger partial charge in [0.1, 0.15) is 0 Å². The minimum absolute atomic E-state index is 0.0644. The van der Waals surface area contributed by atoms with Crippen LogP contribution in [0.15, 0.2) is 42.0 Å². The molecule has 0 radical (unpaired) electrons. The molecule has 0 aromatic heterocycles. The Morgan fingerprint density at radius 3 is 2.58 bits per heavy atom. The van der Waals surface area contributed by atoms with E-state index in [9.17, 15) is 4.79 Å². The van der Waals surface area contributed by atoms with E-state index in [-0.39, 0.29) is 5.78 Å². The maximum absolute atomic E-state index is 12.8. The number of carbonyl (C=O) groups is 1. The predicted molar refractivity (Wildman–Crippen MR) is 96.3 cm³/mol. The highest BCUT2D eigenvalue weighted by Crippen LogP contribution is 2.40. The maximum atomic E-state index is 12.8. The van der Waals surface area contributed by atoms with E-state index in [1.54, 1.807) is 20.3 Å². The van der Waals surface area contributed by atoms with Crippen LogP contribution in [0.2, 0.25) is 5.02 Å². The first-order chi connectivity index (χ1) is 11.6. The van der Waals surface area contributed by atoms with Crippen LogP contribution in [0.25, 0.3) is 6.08 Å². The fourth-order valence-electron chi connectivity index (χ4n) is 3.17. The van der Waals surface area contributed by atoms with Gasteiger partial charge in [-0.2, -0.15) is 0 Å². The second-order valence-electron chi connectivity index (χ2n) is 5.90. The Morgan fingerprint density at radius 2 is 1.88 bits per heavy atom. The summed E-state index contributed by atoms with van der Waals surface area (Å²) in [6.07, 6.45) is 2.56. The van der Waals surface area contributed by atoms with E-state index in [1.165, 1.54) is 0 Å². The van der Waals surface area contributed by atoms with E-state index in [1.807, 2.05) is 36.4 Å². The van der Waals surface area contributed by atoms with Crippen molar-refractivity contribution in [2.24, 2.45) is 0 Å². The monoisotopic (exact) mass is 342 g/mol. The van der Waals surface area contributed by atoms with Crippen molar-refractivity contribution in [2.45, 2.75) is 19.3 Å². The second kappa shape index (κ2) is 6.70. The third kappa shape index (κ3) is 2.80. The van der Waals surface area contributed by atoms with E-state index >= 15 is 0 Å². The number of ether oxygens (including phenoxy) is 2. The van der Waals surface area contributed by atoms with E-state index in [4.69, 9.17) is 21.1 Å². The smallest absolute Gasteiger partial charge is 0.189 e. The number of fused-ring (bicyclic) bond motifs is 1. The van der Waals surface area contributed by atoms with Gasteiger partial charge < -0.3 is 9.47 Å². The van der Waals surface area contributed by atoms with Gasteiger partial charge in [0, 0.05) is 11.1 Å². The molecule has 0 fully saturated rings. The third-order valence-electron chi connectivity index (χ3n) is 4.40. The molecule has 0 bridgehead atoms. The second-order valence-corrected chi connectivity index (χ2v) is 6.27. The van der Waals surface area contributed by atoms with Crippen molar-refractivity contribution < 1.29 is 14.3 Å². The van der Waals surface area contributed by atoms with Gasteiger partial charge in [0.05, 0.1) is 19.2 Å². The van der Waals surface area contributed by atoms with Gasteiger partial charge in [-0.05, 0) is 41.7 Å². The molecule has 2 aromatic rings. The van der Waals surface area contributed by atoms with Crippen molar-refractivity contribution >= 4 is 23.5 Å². The van der Waals surface area contributed by atoms with Gasteiger partial charge in [-0.3, -0.25) is 4.79 Å². The van der Waals surface area contributed by atoms with Crippen molar-refractivity contribution in [3.8, 4) is 11.5 Å². The Morgan fingerprint density at radius 1 is 1.12 bits per heavy atom. The minimum atomic E-state index is 0.0644. The Labute approximate surface area is 146 Å². The van der Waals surface area contributed by atoms with E-state index in [2.05, 4.69) is 6.92 Å². The number of Topliss-reactive ketones (excluding diaryl/α,β-unsaturated/α-hetero) is 1.